The van der Waals surface area contributed by atoms with Crippen LogP contribution in [-0.2, 0) is 16.1 Å². The lowest BCUT2D eigenvalue weighted by Gasteiger charge is -2.07. The quantitative estimate of drug-likeness (QED) is 0.553. The van der Waals surface area contributed by atoms with E-state index in [2.05, 4.69) is 5.48 Å². The van der Waals surface area contributed by atoms with Crippen molar-refractivity contribution in [1.29, 1.82) is 0 Å². The van der Waals surface area contributed by atoms with Crippen molar-refractivity contribution in [1.82, 2.24) is 5.48 Å². The minimum absolute atomic E-state index is 0.243. The smallest absolute Gasteiger partial charge is 0.165 e. The molecule has 2 N–H and O–H groups in total. The van der Waals surface area contributed by atoms with E-state index in [9.17, 15) is 9.50 Å². The van der Waals surface area contributed by atoms with Crippen LogP contribution in [0.5, 0.6) is 5.75 Å². The fourth-order valence-electron chi connectivity index (χ4n) is 1.03. The number of methoxy groups -OCH3 is 1. The van der Waals surface area contributed by atoms with Crippen molar-refractivity contribution < 1.29 is 19.1 Å². The average Bonchev–Trinajstić information content (AvgIpc) is 2.24. The van der Waals surface area contributed by atoms with Gasteiger partial charge in [0.1, 0.15) is 0 Å². The fraction of sp³-hybridized carbons (Fsp3) is 0.400. The number of benzene rings is 1. The highest BCUT2D eigenvalue weighted by molar-refractivity contribution is 5.33. The van der Waals surface area contributed by atoms with Crippen LogP contribution in [0.4, 0.5) is 4.39 Å². The SMILES string of the molecule is COCCONCc1cccc(F)c1O. The van der Waals surface area contributed by atoms with Crippen molar-refractivity contribution in [3.63, 3.8) is 0 Å². The average molecular weight is 215 g/mol. The van der Waals surface area contributed by atoms with Crippen molar-refractivity contribution in [2.45, 2.75) is 6.54 Å². The molecule has 1 aromatic rings. The lowest BCUT2D eigenvalue weighted by atomic mass is 10.2. The fourth-order valence-corrected chi connectivity index (χ4v) is 1.03. The van der Waals surface area contributed by atoms with Gasteiger partial charge in [0, 0.05) is 19.2 Å². The maximum Gasteiger partial charge on any atom is 0.165 e. The summed E-state index contributed by atoms with van der Waals surface area (Å²) >= 11 is 0. The Morgan fingerprint density at radius 3 is 2.93 bits per heavy atom. The lowest BCUT2D eigenvalue weighted by molar-refractivity contribution is 0.00317. The first-order chi connectivity index (χ1) is 7.25. The van der Waals surface area contributed by atoms with Gasteiger partial charge in [0.15, 0.2) is 11.6 Å². The van der Waals surface area contributed by atoms with Gasteiger partial charge in [-0.1, -0.05) is 12.1 Å². The zero-order chi connectivity index (χ0) is 11.1. The van der Waals surface area contributed by atoms with Crippen molar-refractivity contribution in [3.05, 3.63) is 29.6 Å². The summed E-state index contributed by atoms with van der Waals surface area (Å²) in [6.07, 6.45) is 0. The lowest BCUT2D eigenvalue weighted by Crippen LogP contribution is -2.17. The molecular formula is C10H14FNO3. The van der Waals surface area contributed by atoms with E-state index in [-0.39, 0.29) is 12.3 Å². The number of hydrogen-bond acceptors (Lipinski definition) is 4. The molecule has 0 fully saturated rings. The van der Waals surface area contributed by atoms with Crippen LogP contribution in [0.3, 0.4) is 0 Å². The minimum atomic E-state index is -0.633. The number of phenols is 1. The Labute approximate surface area is 87.6 Å². The molecule has 0 aliphatic rings. The third kappa shape index (κ3) is 3.83. The molecule has 0 aromatic heterocycles. The zero-order valence-corrected chi connectivity index (χ0v) is 8.50. The highest BCUT2D eigenvalue weighted by atomic mass is 19.1. The van der Waals surface area contributed by atoms with Gasteiger partial charge < -0.3 is 9.84 Å². The number of hydrogen-bond donors (Lipinski definition) is 2. The number of rotatable bonds is 6. The number of aromatic hydroxyl groups is 1. The van der Waals surface area contributed by atoms with Crippen LogP contribution in [0.2, 0.25) is 0 Å². The standard InChI is InChI=1S/C10H14FNO3/c1-14-5-6-15-12-7-8-3-2-4-9(11)10(8)13/h2-4,12-13H,5-7H2,1H3. The number of halogens is 1. The molecule has 0 saturated heterocycles. The van der Waals surface area contributed by atoms with Crippen molar-refractivity contribution >= 4 is 0 Å². The van der Waals surface area contributed by atoms with Crippen molar-refractivity contribution in [2.75, 3.05) is 20.3 Å². The van der Waals surface area contributed by atoms with Crippen LogP contribution >= 0.6 is 0 Å². The van der Waals surface area contributed by atoms with Gasteiger partial charge in [0.05, 0.1) is 13.2 Å². The molecule has 84 valence electrons. The second-order valence-corrected chi connectivity index (χ2v) is 2.91. The second kappa shape index (κ2) is 6.34. The number of ether oxygens (including phenoxy) is 1. The molecule has 0 radical (unpaired) electrons. The van der Waals surface area contributed by atoms with E-state index >= 15 is 0 Å². The van der Waals surface area contributed by atoms with Gasteiger partial charge in [-0.05, 0) is 6.07 Å². The molecule has 0 bridgehead atoms. The third-order valence-corrected chi connectivity index (χ3v) is 1.82. The summed E-state index contributed by atoms with van der Waals surface area (Å²) in [6.45, 7) is 1.11. The number of hydroxylamine groups is 1. The summed E-state index contributed by atoms with van der Waals surface area (Å²) in [4.78, 5) is 4.96. The van der Waals surface area contributed by atoms with E-state index in [1.165, 1.54) is 12.1 Å². The molecular weight excluding hydrogens is 201 g/mol. The summed E-state index contributed by atoms with van der Waals surface area (Å²) in [5.41, 5.74) is 3.05. The van der Waals surface area contributed by atoms with Gasteiger partial charge >= 0.3 is 0 Å². The maximum absolute atomic E-state index is 12.9. The van der Waals surface area contributed by atoms with Gasteiger partial charge in [0.2, 0.25) is 0 Å². The molecule has 0 heterocycles. The van der Waals surface area contributed by atoms with E-state index in [1.807, 2.05) is 0 Å². The first kappa shape index (κ1) is 11.9. The van der Waals surface area contributed by atoms with E-state index in [0.29, 0.717) is 18.8 Å². The van der Waals surface area contributed by atoms with Crippen LogP contribution in [0, 0.1) is 5.82 Å². The summed E-state index contributed by atoms with van der Waals surface area (Å²) in [5.74, 6) is -0.980. The van der Waals surface area contributed by atoms with Crippen LogP contribution in [0.25, 0.3) is 0 Å². The van der Waals surface area contributed by atoms with Gasteiger partial charge in [-0.15, -0.1) is 0 Å². The summed E-state index contributed by atoms with van der Waals surface area (Å²) < 4.78 is 17.6. The molecule has 1 rings (SSSR count). The molecule has 0 aliphatic carbocycles. The predicted octanol–water partition coefficient (Wildman–Crippen LogP) is 1.20. The largest absolute Gasteiger partial charge is 0.505 e. The van der Waals surface area contributed by atoms with E-state index in [0.717, 1.165) is 0 Å². The molecule has 0 spiro atoms. The molecule has 1 aromatic carbocycles. The molecule has 0 atom stereocenters. The number of nitrogens with one attached hydrogen (secondary N) is 1. The molecule has 0 unspecified atom stereocenters. The Hall–Kier alpha value is -1.17. The normalized spacial score (nSPS) is 10.5. The molecule has 5 heteroatoms. The minimum Gasteiger partial charge on any atom is -0.505 e. The molecule has 15 heavy (non-hydrogen) atoms. The Morgan fingerprint density at radius 2 is 2.20 bits per heavy atom. The molecule has 0 aliphatic heterocycles. The maximum atomic E-state index is 12.9. The van der Waals surface area contributed by atoms with Gasteiger partial charge in [-0.3, -0.25) is 4.84 Å². The first-order valence-corrected chi connectivity index (χ1v) is 4.55. The Morgan fingerprint density at radius 1 is 1.40 bits per heavy atom. The highest BCUT2D eigenvalue weighted by Crippen LogP contribution is 2.19. The predicted molar refractivity (Wildman–Crippen MR) is 52.7 cm³/mol. The molecule has 4 nitrogen and oxygen atoms in total. The van der Waals surface area contributed by atoms with E-state index in [4.69, 9.17) is 9.57 Å². The van der Waals surface area contributed by atoms with E-state index < -0.39 is 5.82 Å². The van der Waals surface area contributed by atoms with Crippen molar-refractivity contribution in [2.24, 2.45) is 0 Å². The summed E-state index contributed by atoms with van der Waals surface area (Å²) in [6, 6.07) is 4.34. The number of para-hydroxylation sites is 1. The van der Waals surface area contributed by atoms with Crippen LogP contribution in [-0.4, -0.2) is 25.4 Å². The summed E-state index contributed by atoms with van der Waals surface area (Å²) in [5, 5.41) is 9.31. The van der Waals surface area contributed by atoms with Crippen molar-refractivity contribution in [3.8, 4) is 5.75 Å². The first-order valence-electron chi connectivity index (χ1n) is 4.55. The second-order valence-electron chi connectivity index (χ2n) is 2.91. The third-order valence-electron chi connectivity index (χ3n) is 1.82. The Bertz CT molecular complexity index is 307. The highest BCUT2D eigenvalue weighted by Gasteiger charge is 2.05. The monoisotopic (exact) mass is 215 g/mol. The van der Waals surface area contributed by atoms with Crippen LogP contribution < -0.4 is 5.48 Å². The Kier molecular flexibility index (Phi) is 5.03. The van der Waals surface area contributed by atoms with Gasteiger partial charge in [-0.2, -0.15) is 5.48 Å². The van der Waals surface area contributed by atoms with Gasteiger partial charge in [-0.25, -0.2) is 4.39 Å². The molecule has 0 amide bonds. The molecule has 0 saturated carbocycles. The Balaban J connectivity index is 2.34. The van der Waals surface area contributed by atoms with Crippen LogP contribution in [0.1, 0.15) is 5.56 Å². The zero-order valence-electron chi connectivity index (χ0n) is 8.50. The van der Waals surface area contributed by atoms with Gasteiger partial charge in [0.25, 0.3) is 0 Å². The summed E-state index contributed by atoms with van der Waals surface area (Å²) in [7, 11) is 1.57. The number of phenolic OH excluding ortho intramolecular Hbond substituents is 1. The van der Waals surface area contributed by atoms with Crippen LogP contribution in [0.15, 0.2) is 18.2 Å². The van der Waals surface area contributed by atoms with E-state index in [1.54, 1.807) is 13.2 Å². The topological polar surface area (TPSA) is 50.7 Å².